The predicted octanol–water partition coefficient (Wildman–Crippen LogP) is 4.40. The highest BCUT2D eigenvalue weighted by atomic mass is 35.6. The van der Waals surface area contributed by atoms with Crippen LogP contribution < -0.4 is 4.74 Å². The Hall–Kier alpha value is -1.61. The van der Waals surface area contributed by atoms with Gasteiger partial charge in [0.25, 0.3) is 3.79 Å². The summed E-state index contributed by atoms with van der Waals surface area (Å²) < 4.78 is 16.7. The van der Waals surface area contributed by atoms with E-state index in [2.05, 4.69) is 29.4 Å². The van der Waals surface area contributed by atoms with Crippen LogP contribution in [0.1, 0.15) is 38.3 Å². The molecule has 1 aromatic heterocycles. The minimum absolute atomic E-state index is 0.0325. The summed E-state index contributed by atoms with van der Waals surface area (Å²) in [6.45, 7) is 6.62. The monoisotopic (exact) mass is 475 g/mol. The molecule has 1 aromatic carbocycles. The zero-order valence-corrected chi connectivity index (χ0v) is 19.3. The van der Waals surface area contributed by atoms with Gasteiger partial charge in [0.2, 0.25) is 12.2 Å². The number of tetrazole rings is 1. The summed E-state index contributed by atoms with van der Waals surface area (Å²) in [6.07, 6.45) is -1.21. The molecule has 0 spiro atoms. The molecule has 1 aliphatic heterocycles. The Bertz CT molecular complexity index is 871. The maximum atomic E-state index is 7.89. The second-order valence-electron chi connectivity index (χ2n) is 7.49. The van der Waals surface area contributed by atoms with Gasteiger partial charge in [0.1, 0.15) is 11.9 Å². The lowest BCUT2D eigenvalue weighted by atomic mass is 9.78. The lowest BCUT2D eigenvalue weighted by Gasteiger charge is -2.42. The molecule has 0 amide bonds. The highest BCUT2D eigenvalue weighted by molar-refractivity contribution is 6.76. The van der Waals surface area contributed by atoms with E-state index in [1.807, 2.05) is 31.2 Å². The fourth-order valence-corrected chi connectivity index (χ4v) is 3.57. The number of methoxy groups -OCH3 is 1. The molecule has 8 nitrogen and oxygen atoms in total. The lowest BCUT2D eigenvalue weighted by molar-refractivity contribution is -0.223. The quantitative estimate of drug-likeness (QED) is 0.390. The Morgan fingerprint density at radius 1 is 1.13 bits per heavy atom. The molecule has 1 aliphatic rings. The zero-order chi connectivity index (χ0) is 22.1. The normalized spacial score (nSPS) is 27.0. The molecular weight excluding hydrogens is 453 g/mol. The molecule has 2 heterocycles. The maximum Gasteiger partial charge on any atom is 0.265 e. The first-order valence-electron chi connectivity index (χ1n) is 9.48. The number of hydrogen-bond acceptors (Lipinski definition) is 7. The van der Waals surface area contributed by atoms with Gasteiger partial charge in [-0.15, -0.1) is 5.10 Å². The highest BCUT2D eigenvalue weighted by Gasteiger charge is 2.45. The van der Waals surface area contributed by atoms with E-state index < -0.39 is 22.1 Å². The second kappa shape index (κ2) is 9.26. The number of nitrogens with zero attached hydrogens (tertiary/aromatic N) is 4. The third-order valence-corrected chi connectivity index (χ3v) is 6.16. The summed E-state index contributed by atoms with van der Waals surface area (Å²) in [4.78, 5) is 0. The van der Waals surface area contributed by atoms with Gasteiger partial charge in [-0.1, -0.05) is 67.7 Å². The van der Waals surface area contributed by atoms with Crippen molar-refractivity contribution in [1.29, 1.82) is 5.41 Å². The number of benzene rings is 1. The van der Waals surface area contributed by atoms with Gasteiger partial charge in [0.15, 0.2) is 5.82 Å². The third kappa shape index (κ3) is 4.99. The average molecular weight is 477 g/mol. The van der Waals surface area contributed by atoms with E-state index in [9.17, 15) is 0 Å². The van der Waals surface area contributed by atoms with Crippen molar-refractivity contribution >= 4 is 40.7 Å². The lowest BCUT2D eigenvalue weighted by Crippen LogP contribution is -2.44. The van der Waals surface area contributed by atoms with Gasteiger partial charge in [-0.25, -0.2) is 4.68 Å². The predicted molar refractivity (Wildman–Crippen MR) is 114 cm³/mol. The number of ether oxygens (including phenoxy) is 3. The van der Waals surface area contributed by atoms with E-state index in [1.165, 1.54) is 0 Å². The molecule has 1 saturated heterocycles. The molecule has 2 unspecified atom stereocenters. The highest BCUT2D eigenvalue weighted by Crippen LogP contribution is 2.43. The van der Waals surface area contributed by atoms with Crippen molar-refractivity contribution in [2.75, 3.05) is 7.11 Å². The molecule has 0 aliphatic carbocycles. The first-order valence-corrected chi connectivity index (χ1v) is 10.6. The molecule has 0 radical (unpaired) electrons. The topological polar surface area (TPSA) is 95.1 Å². The molecular formula is C19H24Cl3N5O3. The fourth-order valence-electron chi connectivity index (χ4n) is 3.44. The van der Waals surface area contributed by atoms with E-state index >= 15 is 0 Å². The number of aromatic nitrogens is 4. The van der Waals surface area contributed by atoms with Crippen molar-refractivity contribution < 1.29 is 14.2 Å². The smallest absolute Gasteiger partial charge is 0.265 e. The van der Waals surface area contributed by atoms with E-state index in [0.717, 1.165) is 11.3 Å². The molecule has 5 atom stereocenters. The molecule has 164 valence electrons. The van der Waals surface area contributed by atoms with Gasteiger partial charge >= 0.3 is 0 Å². The van der Waals surface area contributed by atoms with Crippen LogP contribution in [-0.2, 0) is 16.0 Å². The zero-order valence-electron chi connectivity index (χ0n) is 17.1. The van der Waals surface area contributed by atoms with Crippen LogP contribution in [0.5, 0.6) is 5.75 Å². The Labute approximate surface area is 190 Å². The van der Waals surface area contributed by atoms with E-state index in [-0.39, 0.29) is 17.8 Å². The van der Waals surface area contributed by atoms with Gasteiger partial charge < -0.3 is 14.2 Å². The van der Waals surface area contributed by atoms with Crippen LogP contribution in [0.3, 0.4) is 0 Å². The Kier molecular flexibility index (Phi) is 7.12. The van der Waals surface area contributed by atoms with Crippen molar-refractivity contribution in [2.24, 2.45) is 17.8 Å². The Balaban J connectivity index is 1.81. The molecule has 30 heavy (non-hydrogen) atoms. The maximum absolute atomic E-state index is 7.89. The van der Waals surface area contributed by atoms with E-state index in [4.69, 9.17) is 54.4 Å². The molecule has 0 bridgehead atoms. The Morgan fingerprint density at radius 2 is 1.80 bits per heavy atom. The number of rotatable bonds is 5. The van der Waals surface area contributed by atoms with Gasteiger partial charge in [0, 0.05) is 5.92 Å². The first-order chi connectivity index (χ1) is 14.1. The molecule has 1 fully saturated rings. The second-order valence-corrected chi connectivity index (χ2v) is 9.77. The standard InChI is InChI=1S/C19H24Cl3N5O3/c1-10-11(2)15(29-17(12(10)3)30-18(23)19(20,21)22)16-24-25-26-27(16)9-13-5-7-14(28-4)8-6-13/h5-8,10-12,15,17,23H,9H2,1-4H3/t10-,11+,12?,15?,17-/m0/s1. The minimum Gasteiger partial charge on any atom is -0.497 e. The van der Waals surface area contributed by atoms with Crippen LogP contribution in [0, 0.1) is 23.2 Å². The van der Waals surface area contributed by atoms with Crippen molar-refractivity contribution in [3.63, 3.8) is 0 Å². The number of halogens is 3. The molecule has 1 N–H and O–H groups in total. The third-order valence-electron chi connectivity index (χ3n) is 5.64. The van der Waals surface area contributed by atoms with E-state index in [0.29, 0.717) is 12.4 Å². The van der Waals surface area contributed by atoms with Crippen molar-refractivity contribution in [3.05, 3.63) is 35.7 Å². The summed E-state index contributed by atoms with van der Waals surface area (Å²) in [7, 11) is 1.62. The van der Waals surface area contributed by atoms with Crippen LogP contribution >= 0.6 is 34.8 Å². The van der Waals surface area contributed by atoms with Crippen LogP contribution in [0.15, 0.2) is 24.3 Å². The van der Waals surface area contributed by atoms with Crippen molar-refractivity contribution in [3.8, 4) is 5.75 Å². The number of hydrogen-bond donors (Lipinski definition) is 1. The first kappa shape index (κ1) is 23.1. The number of nitrogens with one attached hydrogen (secondary N) is 1. The van der Waals surface area contributed by atoms with Crippen molar-refractivity contribution in [2.45, 2.75) is 43.5 Å². The van der Waals surface area contributed by atoms with Gasteiger partial charge in [-0.3, -0.25) is 5.41 Å². The van der Waals surface area contributed by atoms with Crippen LogP contribution in [0.2, 0.25) is 0 Å². The minimum atomic E-state index is -1.96. The summed E-state index contributed by atoms with van der Waals surface area (Å²) in [6, 6.07) is 7.67. The van der Waals surface area contributed by atoms with Gasteiger partial charge in [0.05, 0.1) is 13.7 Å². The van der Waals surface area contributed by atoms with Gasteiger partial charge in [-0.05, 0) is 40.0 Å². The summed E-state index contributed by atoms with van der Waals surface area (Å²) in [5.74, 6) is 1.12. The van der Waals surface area contributed by atoms with E-state index in [1.54, 1.807) is 11.8 Å². The van der Waals surface area contributed by atoms with Gasteiger partial charge in [-0.2, -0.15) is 0 Å². The number of alkyl halides is 3. The summed E-state index contributed by atoms with van der Waals surface area (Å²) >= 11 is 17.3. The van der Waals surface area contributed by atoms with Crippen LogP contribution in [0.25, 0.3) is 0 Å². The van der Waals surface area contributed by atoms with Crippen LogP contribution in [-0.4, -0.2) is 43.3 Å². The molecule has 0 saturated carbocycles. The molecule has 2 aromatic rings. The largest absolute Gasteiger partial charge is 0.497 e. The SMILES string of the molecule is COc1ccc(Cn2nnnc2C2O[C@@H](OC(=N)C(Cl)(Cl)Cl)C(C)[C@@H](C)[C@H]2C)cc1. The average Bonchev–Trinajstić information content (AvgIpc) is 3.16. The summed E-state index contributed by atoms with van der Waals surface area (Å²) in [5.41, 5.74) is 1.01. The molecule has 3 rings (SSSR count). The fraction of sp³-hybridized carbons (Fsp3) is 0.579. The van der Waals surface area contributed by atoms with Crippen molar-refractivity contribution in [1.82, 2.24) is 20.2 Å². The Morgan fingerprint density at radius 3 is 2.40 bits per heavy atom. The molecule has 11 heteroatoms. The summed E-state index contributed by atoms with van der Waals surface area (Å²) in [5, 5.41) is 20.1. The van der Waals surface area contributed by atoms with Crippen LogP contribution in [0.4, 0.5) is 0 Å².